The molecule has 3 atom stereocenters. The smallest absolute Gasteiger partial charge is 0.0706 e. The highest BCUT2D eigenvalue weighted by Gasteiger charge is 2.23. The van der Waals surface area contributed by atoms with Crippen molar-refractivity contribution in [2.45, 2.75) is 43.8 Å². The molecule has 0 saturated carbocycles. The van der Waals surface area contributed by atoms with E-state index in [1.54, 1.807) is 11.8 Å². The maximum atomic E-state index is 10.2. The molecule has 0 spiro atoms. The highest BCUT2D eigenvalue weighted by Crippen LogP contribution is 2.27. The minimum Gasteiger partial charge on any atom is -0.396 e. The Labute approximate surface area is 114 Å². The van der Waals surface area contributed by atoms with Gasteiger partial charge in [0.2, 0.25) is 0 Å². The van der Waals surface area contributed by atoms with E-state index in [1.165, 1.54) is 5.56 Å². The number of aliphatic hydroxyl groups is 2. The van der Waals surface area contributed by atoms with Crippen LogP contribution in [0.15, 0.2) is 30.3 Å². The molecule has 1 aromatic carbocycles. The van der Waals surface area contributed by atoms with Crippen molar-refractivity contribution < 1.29 is 10.2 Å². The first-order valence-electron chi connectivity index (χ1n) is 6.63. The molecule has 0 fully saturated rings. The van der Waals surface area contributed by atoms with E-state index in [9.17, 15) is 5.11 Å². The molecule has 0 radical (unpaired) electrons. The van der Waals surface area contributed by atoms with Crippen molar-refractivity contribution >= 4 is 11.8 Å². The zero-order valence-corrected chi connectivity index (χ0v) is 12.1. The van der Waals surface area contributed by atoms with Gasteiger partial charge in [-0.1, -0.05) is 50.6 Å². The van der Waals surface area contributed by atoms with Gasteiger partial charge in [0.1, 0.15) is 0 Å². The fourth-order valence-corrected chi connectivity index (χ4v) is 3.36. The number of aliphatic hydroxyl groups excluding tert-OH is 2. The number of hydrogen-bond acceptors (Lipinski definition) is 3. The first kappa shape index (κ1) is 15.5. The van der Waals surface area contributed by atoms with Crippen molar-refractivity contribution in [3.05, 3.63) is 35.9 Å². The van der Waals surface area contributed by atoms with E-state index in [1.807, 2.05) is 25.1 Å². The molecule has 1 aromatic rings. The van der Waals surface area contributed by atoms with Crippen molar-refractivity contribution in [1.29, 1.82) is 0 Å². The van der Waals surface area contributed by atoms with Crippen LogP contribution in [0.1, 0.15) is 32.3 Å². The van der Waals surface area contributed by atoms with Gasteiger partial charge in [0, 0.05) is 23.5 Å². The summed E-state index contributed by atoms with van der Waals surface area (Å²) in [7, 11) is 0. The number of thioether (sulfide) groups is 1. The van der Waals surface area contributed by atoms with Crippen molar-refractivity contribution in [3.8, 4) is 0 Å². The van der Waals surface area contributed by atoms with Crippen LogP contribution in [0.25, 0.3) is 0 Å². The molecule has 0 unspecified atom stereocenters. The Balaban J connectivity index is 2.52. The Morgan fingerprint density at radius 2 is 1.89 bits per heavy atom. The molecule has 0 aliphatic rings. The van der Waals surface area contributed by atoms with E-state index in [2.05, 4.69) is 19.1 Å². The lowest BCUT2D eigenvalue weighted by atomic mass is 10.0. The fourth-order valence-electron chi connectivity index (χ4n) is 1.89. The molecule has 3 heteroatoms. The number of benzene rings is 1. The molecule has 2 N–H and O–H groups in total. The third-order valence-corrected chi connectivity index (χ3v) is 4.57. The van der Waals surface area contributed by atoms with Crippen LogP contribution in [0.3, 0.4) is 0 Å². The Morgan fingerprint density at radius 1 is 1.22 bits per heavy atom. The highest BCUT2D eigenvalue weighted by atomic mass is 32.2. The molecule has 0 amide bonds. The van der Waals surface area contributed by atoms with Gasteiger partial charge in [0.25, 0.3) is 0 Å². The van der Waals surface area contributed by atoms with Gasteiger partial charge in [-0.05, 0) is 12.0 Å². The average molecular weight is 268 g/mol. The summed E-state index contributed by atoms with van der Waals surface area (Å²) in [5, 5.41) is 19.5. The molecule has 0 heterocycles. The second-order valence-corrected chi connectivity index (χ2v) is 6.00. The minimum absolute atomic E-state index is 0.0489. The third-order valence-electron chi connectivity index (χ3n) is 3.13. The minimum atomic E-state index is -0.427. The lowest BCUT2D eigenvalue weighted by molar-refractivity contribution is 0.0734. The van der Waals surface area contributed by atoms with E-state index >= 15 is 0 Å². The maximum absolute atomic E-state index is 10.2. The van der Waals surface area contributed by atoms with E-state index in [-0.39, 0.29) is 17.8 Å². The summed E-state index contributed by atoms with van der Waals surface area (Å²) in [6, 6.07) is 10.3. The second kappa shape index (κ2) is 8.57. The Morgan fingerprint density at radius 3 is 2.44 bits per heavy atom. The van der Waals surface area contributed by atoms with Crippen LogP contribution < -0.4 is 0 Å². The van der Waals surface area contributed by atoms with E-state index in [0.29, 0.717) is 0 Å². The largest absolute Gasteiger partial charge is 0.396 e. The van der Waals surface area contributed by atoms with Crippen LogP contribution in [0.2, 0.25) is 0 Å². The van der Waals surface area contributed by atoms with Crippen LogP contribution in [0.4, 0.5) is 0 Å². The monoisotopic (exact) mass is 268 g/mol. The van der Waals surface area contributed by atoms with E-state index in [0.717, 1.165) is 18.6 Å². The van der Waals surface area contributed by atoms with Gasteiger partial charge in [0.15, 0.2) is 0 Å². The molecular weight excluding hydrogens is 244 g/mol. The van der Waals surface area contributed by atoms with Crippen LogP contribution in [0.5, 0.6) is 0 Å². The van der Waals surface area contributed by atoms with Gasteiger partial charge in [-0.25, -0.2) is 0 Å². The zero-order chi connectivity index (χ0) is 13.4. The molecule has 18 heavy (non-hydrogen) atoms. The maximum Gasteiger partial charge on any atom is 0.0706 e. The SMILES string of the molecule is CCC[C@H](SCc1ccccc1)[C@H](O)[C@H](C)CO. The highest BCUT2D eigenvalue weighted by molar-refractivity contribution is 7.99. The predicted octanol–water partition coefficient (Wildman–Crippen LogP) is 3.08. The average Bonchev–Trinajstić information content (AvgIpc) is 2.43. The molecule has 0 aromatic heterocycles. The van der Waals surface area contributed by atoms with Crippen molar-refractivity contribution in [2.24, 2.45) is 5.92 Å². The molecule has 0 bridgehead atoms. The van der Waals surface area contributed by atoms with Gasteiger partial charge in [-0.15, -0.1) is 0 Å². The zero-order valence-electron chi connectivity index (χ0n) is 11.2. The van der Waals surface area contributed by atoms with Crippen molar-refractivity contribution in [1.82, 2.24) is 0 Å². The topological polar surface area (TPSA) is 40.5 Å². The summed E-state index contributed by atoms with van der Waals surface area (Å²) in [5.41, 5.74) is 1.28. The number of rotatable bonds is 8. The Bertz CT molecular complexity index is 316. The van der Waals surface area contributed by atoms with Crippen molar-refractivity contribution in [2.75, 3.05) is 6.61 Å². The van der Waals surface area contributed by atoms with Crippen LogP contribution in [-0.2, 0) is 5.75 Å². The van der Waals surface area contributed by atoms with Crippen molar-refractivity contribution in [3.63, 3.8) is 0 Å². The predicted molar refractivity (Wildman–Crippen MR) is 78.7 cm³/mol. The Kier molecular flexibility index (Phi) is 7.40. The number of hydrogen-bond donors (Lipinski definition) is 2. The molecule has 0 saturated heterocycles. The lowest BCUT2D eigenvalue weighted by Gasteiger charge is -2.26. The van der Waals surface area contributed by atoms with Crippen LogP contribution in [0, 0.1) is 5.92 Å². The van der Waals surface area contributed by atoms with Crippen LogP contribution in [-0.4, -0.2) is 28.2 Å². The van der Waals surface area contributed by atoms with E-state index in [4.69, 9.17) is 5.11 Å². The summed E-state index contributed by atoms with van der Waals surface area (Å²) >= 11 is 1.79. The summed E-state index contributed by atoms with van der Waals surface area (Å²) < 4.78 is 0. The molecule has 0 aliphatic heterocycles. The van der Waals surface area contributed by atoms with Gasteiger partial charge in [-0.2, -0.15) is 11.8 Å². The quantitative estimate of drug-likeness (QED) is 0.761. The fraction of sp³-hybridized carbons (Fsp3) is 0.600. The first-order chi connectivity index (χ1) is 8.69. The van der Waals surface area contributed by atoms with E-state index < -0.39 is 6.10 Å². The second-order valence-electron chi connectivity index (χ2n) is 4.77. The molecular formula is C15H24O2S. The van der Waals surface area contributed by atoms with Gasteiger partial charge in [0.05, 0.1) is 6.10 Å². The van der Waals surface area contributed by atoms with Gasteiger partial charge < -0.3 is 10.2 Å². The first-order valence-corrected chi connectivity index (χ1v) is 7.68. The third kappa shape index (κ3) is 5.01. The standard InChI is InChI=1S/C15H24O2S/c1-3-7-14(15(17)12(2)10-16)18-11-13-8-5-4-6-9-13/h4-6,8-9,12,14-17H,3,7,10-11H2,1-2H3/t12-,14+,15-/m1/s1. The van der Waals surface area contributed by atoms with Crippen LogP contribution >= 0.6 is 11.8 Å². The Hall–Kier alpha value is -0.510. The summed E-state index contributed by atoms with van der Waals surface area (Å²) in [5.74, 6) is 0.866. The summed E-state index contributed by atoms with van der Waals surface area (Å²) in [4.78, 5) is 0. The van der Waals surface area contributed by atoms with Gasteiger partial charge >= 0.3 is 0 Å². The summed E-state index contributed by atoms with van der Waals surface area (Å²) in [6.07, 6.45) is 1.62. The molecule has 2 nitrogen and oxygen atoms in total. The molecule has 1 rings (SSSR count). The normalized spacial score (nSPS) is 16.2. The van der Waals surface area contributed by atoms with Gasteiger partial charge in [-0.3, -0.25) is 0 Å². The summed E-state index contributed by atoms with van der Waals surface area (Å²) in [6.45, 7) is 4.08. The lowest BCUT2D eigenvalue weighted by Crippen LogP contribution is -2.32. The molecule has 0 aliphatic carbocycles. The molecule has 102 valence electrons.